The summed E-state index contributed by atoms with van der Waals surface area (Å²) < 4.78 is 6.01. The van der Waals surface area contributed by atoms with E-state index in [9.17, 15) is 0 Å². The van der Waals surface area contributed by atoms with Crippen molar-refractivity contribution in [2.45, 2.75) is 44.8 Å². The molecule has 0 radical (unpaired) electrons. The average Bonchev–Trinajstić information content (AvgIpc) is 2.96. The first kappa shape index (κ1) is 14.8. The van der Waals surface area contributed by atoms with Crippen LogP contribution in [0.15, 0.2) is 0 Å². The fourth-order valence-corrected chi connectivity index (χ4v) is 4.28. The average molecular weight is 281 g/mol. The quantitative estimate of drug-likeness (QED) is 0.837. The van der Waals surface area contributed by atoms with Gasteiger partial charge >= 0.3 is 0 Å². The molecule has 3 heterocycles. The number of nitrogens with zero attached hydrogens (tertiary/aromatic N) is 2. The Kier molecular flexibility index (Phi) is 5.32. The zero-order valence-corrected chi connectivity index (χ0v) is 13.0. The molecular formula is C16H31N3O. The zero-order valence-electron chi connectivity index (χ0n) is 13.0. The first-order valence-corrected chi connectivity index (χ1v) is 8.65. The van der Waals surface area contributed by atoms with Gasteiger partial charge in [0.2, 0.25) is 0 Å². The lowest BCUT2D eigenvalue weighted by atomic mass is 9.88. The minimum Gasteiger partial charge on any atom is -0.374 e. The molecule has 3 saturated heterocycles. The summed E-state index contributed by atoms with van der Waals surface area (Å²) in [5, 5.41) is 3.50. The van der Waals surface area contributed by atoms with Gasteiger partial charge in [-0.2, -0.15) is 0 Å². The molecule has 3 aliphatic rings. The van der Waals surface area contributed by atoms with Gasteiger partial charge in [0.25, 0.3) is 0 Å². The largest absolute Gasteiger partial charge is 0.374 e. The van der Waals surface area contributed by atoms with Crippen molar-refractivity contribution in [3.63, 3.8) is 0 Å². The molecule has 116 valence electrons. The highest BCUT2D eigenvalue weighted by molar-refractivity contribution is 4.89. The zero-order chi connectivity index (χ0) is 13.8. The third-order valence-electron chi connectivity index (χ3n) is 5.45. The summed E-state index contributed by atoms with van der Waals surface area (Å²) in [6.45, 7) is 11.5. The molecule has 0 aromatic heterocycles. The van der Waals surface area contributed by atoms with Gasteiger partial charge in [0.05, 0.1) is 12.7 Å². The van der Waals surface area contributed by atoms with Crippen LogP contribution < -0.4 is 5.32 Å². The smallest absolute Gasteiger partial charge is 0.0829 e. The number of nitrogens with one attached hydrogen (secondary N) is 1. The van der Waals surface area contributed by atoms with E-state index in [1.807, 2.05) is 0 Å². The van der Waals surface area contributed by atoms with Crippen LogP contribution in [0.4, 0.5) is 0 Å². The molecule has 4 nitrogen and oxygen atoms in total. The number of hydrogen-bond acceptors (Lipinski definition) is 4. The SMILES string of the molecule is CCN1CCOC(CN2CCCC2C2CCNCC2)C1. The van der Waals surface area contributed by atoms with Gasteiger partial charge in [-0.1, -0.05) is 6.92 Å². The van der Waals surface area contributed by atoms with Crippen LogP contribution in [0.25, 0.3) is 0 Å². The van der Waals surface area contributed by atoms with Crippen LogP contribution in [-0.2, 0) is 4.74 Å². The number of likely N-dealkylation sites (N-methyl/N-ethyl adjacent to an activating group) is 1. The van der Waals surface area contributed by atoms with Crippen LogP contribution in [0.2, 0.25) is 0 Å². The van der Waals surface area contributed by atoms with Gasteiger partial charge in [0, 0.05) is 25.7 Å². The summed E-state index contributed by atoms with van der Waals surface area (Å²) in [4.78, 5) is 5.28. The molecule has 0 spiro atoms. The Morgan fingerprint density at radius 2 is 2.00 bits per heavy atom. The minimum atomic E-state index is 0.436. The van der Waals surface area contributed by atoms with Crippen molar-refractivity contribution < 1.29 is 4.74 Å². The predicted octanol–water partition coefficient (Wildman–Crippen LogP) is 1.17. The second-order valence-electron chi connectivity index (χ2n) is 6.68. The lowest BCUT2D eigenvalue weighted by Crippen LogP contribution is -2.50. The van der Waals surface area contributed by atoms with Crippen molar-refractivity contribution in [2.24, 2.45) is 5.92 Å². The van der Waals surface area contributed by atoms with E-state index in [-0.39, 0.29) is 0 Å². The van der Waals surface area contributed by atoms with E-state index in [2.05, 4.69) is 22.0 Å². The molecule has 3 fully saturated rings. The fraction of sp³-hybridized carbons (Fsp3) is 1.00. The Labute approximate surface area is 123 Å². The van der Waals surface area contributed by atoms with Crippen molar-refractivity contribution in [2.75, 3.05) is 52.4 Å². The van der Waals surface area contributed by atoms with E-state index in [0.29, 0.717) is 6.10 Å². The highest BCUT2D eigenvalue weighted by Gasteiger charge is 2.34. The second kappa shape index (κ2) is 7.21. The summed E-state index contributed by atoms with van der Waals surface area (Å²) in [6.07, 6.45) is 5.97. The van der Waals surface area contributed by atoms with Crippen LogP contribution in [-0.4, -0.2) is 74.4 Å². The molecule has 0 aromatic carbocycles. The molecule has 20 heavy (non-hydrogen) atoms. The van der Waals surface area contributed by atoms with Crippen molar-refractivity contribution >= 4 is 0 Å². The Hall–Kier alpha value is -0.160. The number of likely N-dealkylation sites (tertiary alicyclic amines) is 1. The van der Waals surface area contributed by atoms with E-state index < -0.39 is 0 Å². The topological polar surface area (TPSA) is 27.7 Å². The van der Waals surface area contributed by atoms with Crippen LogP contribution in [0.3, 0.4) is 0 Å². The van der Waals surface area contributed by atoms with Crippen molar-refractivity contribution in [1.82, 2.24) is 15.1 Å². The Morgan fingerprint density at radius 1 is 1.15 bits per heavy atom. The van der Waals surface area contributed by atoms with Crippen molar-refractivity contribution in [1.29, 1.82) is 0 Å². The van der Waals surface area contributed by atoms with Crippen LogP contribution in [0.5, 0.6) is 0 Å². The van der Waals surface area contributed by atoms with Crippen molar-refractivity contribution in [3.8, 4) is 0 Å². The van der Waals surface area contributed by atoms with Crippen LogP contribution >= 0.6 is 0 Å². The molecule has 0 aliphatic carbocycles. The Morgan fingerprint density at radius 3 is 2.80 bits per heavy atom. The third kappa shape index (κ3) is 3.53. The summed E-state index contributed by atoms with van der Waals surface area (Å²) in [7, 11) is 0. The number of ether oxygens (including phenoxy) is 1. The van der Waals surface area contributed by atoms with Crippen LogP contribution in [0.1, 0.15) is 32.6 Å². The van der Waals surface area contributed by atoms with E-state index in [4.69, 9.17) is 4.74 Å². The lowest BCUT2D eigenvalue weighted by Gasteiger charge is -2.38. The highest BCUT2D eigenvalue weighted by atomic mass is 16.5. The number of morpholine rings is 1. The van der Waals surface area contributed by atoms with E-state index in [1.54, 1.807) is 0 Å². The predicted molar refractivity (Wildman–Crippen MR) is 82.0 cm³/mol. The third-order valence-corrected chi connectivity index (χ3v) is 5.45. The van der Waals surface area contributed by atoms with Crippen LogP contribution in [0, 0.1) is 5.92 Å². The molecule has 4 heteroatoms. The van der Waals surface area contributed by atoms with Gasteiger partial charge in [-0.05, 0) is 57.8 Å². The molecule has 0 amide bonds. The van der Waals surface area contributed by atoms with Crippen molar-refractivity contribution in [3.05, 3.63) is 0 Å². The highest BCUT2D eigenvalue weighted by Crippen LogP contribution is 2.29. The maximum Gasteiger partial charge on any atom is 0.0829 e. The lowest BCUT2D eigenvalue weighted by molar-refractivity contribution is -0.0466. The number of hydrogen-bond donors (Lipinski definition) is 1. The monoisotopic (exact) mass is 281 g/mol. The number of piperidine rings is 1. The Bertz CT molecular complexity index is 293. The standard InChI is InChI=1S/C16H31N3O/c1-2-18-10-11-20-15(12-18)13-19-9-3-4-16(19)14-5-7-17-8-6-14/h14-17H,2-13H2,1H3. The van der Waals surface area contributed by atoms with Gasteiger partial charge in [-0.25, -0.2) is 0 Å². The molecule has 0 saturated carbocycles. The van der Waals surface area contributed by atoms with Gasteiger partial charge in [0.1, 0.15) is 0 Å². The first-order chi connectivity index (χ1) is 9.86. The van der Waals surface area contributed by atoms with Gasteiger partial charge in [-0.3, -0.25) is 9.80 Å². The normalized spacial score (nSPS) is 34.6. The molecule has 3 aliphatic heterocycles. The molecule has 2 atom stereocenters. The molecule has 1 N–H and O–H groups in total. The Balaban J connectivity index is 1.52. The van der Waals surface area contributed by atoms with E-state index in [0.717, 1.165) is 44.7 Å². The fourth-order valence-electron chi connectivity index (χ4n) is 4.28. The molecule has 3 rings (SSSR count). The molecule has 2 unspecified atom stereocenters. The second-order valence-corrected chi connectivity index (χ2v) is 6.68. The van der Waals surface area contributed by atoms with Gasteiger partial charge < -0.3 is 10.1 Å². The minimum absolute atomic E-state index is 0.436. The number of rotatable bonds is 4. The van der Waals surface area contributed by atoms with Gasteiger partial charge in [-0.15, -0.1) is 0 Å². The van der Waals surface area contributed by atoms with E-state index >= 15 is 0 Å². The summed E-state index contributed by atoms with van der Waals surface area (Å²) in [5.41, 5.74) is 0. The molecule has 0 aromatic rings. The molecule has 0 bridgehead atoms. The first-order valence-electron chi connectivity index (χ1n) is 8.65. The summed E-state index contributed by atoms with van der Waals surface area (Å²) >= 11 is 0. The summed E-state index contributed by atoms with van der Waals surface area (Å²) in [5.74, 6) is 0.921. The molecular weight excluding hydrogens is 250 g/mol. The van der Waals surface area contributed by atoms with Gasteiger partial charge in [0.15, 0.2) is 0 Å². The maximum atomic E-state index is 6.01. The summed E-state index contributed by atoms with van der Waals surface area (Å²) in [6, 6.07) is 0.831. The maximum absolute atomic E-state index is 6.01. The van der Waals surface area contributed by atoms with E-state index in [1.165, 1.54) is 45.3 Å².